The quantitative estimate of drug-likeness (QED) is 0.845. The van der Waals surface area contributed by atoms with Crippen molar-refractivity contribution in [3.05, 3.63) is 5.82 Å². The summed E-state index contributed by atoms with van der Waals surface area (Å²) in [5.74, 6) is 1.46. The molecule has 1 fully saturated rings. The van der Waals surface area contributed by atoms with E-state index in [1.54, 1.807) is 7.05 Å². The third kappa shape index (κ3) is 3.26. The highest BCUT2D eigenvalue weighted by atomic mass is 15.6. The third-order valence-electron chi connectivity index (χ3n) is 3.72. The molecule has 0 saturated carbocycles. The summed E-state index contributed by atoms with van der Waals surface area (Å²) in [5, 5.41) is 15.9. The number of aryl methyl sites for hydroxylation is 1. The van der Waals surface area contributed by atoms with Gasteiger partial charge < -0.3 is 5.32 Å². The zero-order chi connectivity index (χ0) is 13.1. The first-order valence-electron chi connectivity index (χ1n) is 6.76. The van der Waals surface area contributed by atoms with Gasteiger partial charge in [0.2, 0.25) is 0 Å². The molecule has 2 rings (SSSR count). The van der Waals surface area contributed by atoms with E-state index >= 15 is 0 Å². The van der Waals surface area contributed by atoms with Crippen LogP contribution in [0.2, 0.25) is 0 Å². The highest BCUT2D eigenvalue weighted by Crippen LogP contribution is 2.15. The van der Waals surface area contributed by atoms with Crippen LogP contribution in [0.3, 0.4) is 0 Å². The van der Waals surface area contributed by atoms with E-state index in [1.807, 2.05) is 0 Å². The van der Waals surface area contributed by atoms with Crippen LogP contribution < -0.4 is 5.32 Å². The van der Waals surface area contributed by atoms with Crippen molar-refractivity contribution in [1.29, 1.82) is 0 Å². The average molecular weight is 252 g/mol. The Labute approximate surface area is 109 Å². The van der Waals surface area contributed by atoms with Crippen LogP contribution >= 0.6 is 0 Å². The fraction of sp³-hybridized carbons (Fsp3) is 0.917. The summed E-state index contributed by atoms with van der Waals surface area (Å²) in [4.78, 5) is 3.98. The molecular formula is C12H24N6. The highest BCUT2D eigenvalue weighted by Gasteiger charge is 2.25. The molecule has 1 saturated heterocycles. The summed E-state index contributed by atoms with van der Waals surface area (Å²) < 4.78 is 0. The maximum atomic E-state index is 4.27. The maximum Gasteiger partial charge on any atom is 0.188 e. The van der Waals surface area contributed by atoms with Gasteiger partial charge >= 0.3 is 0 Å². The van der Waals surface area contributed by atoms with Gasteiger partial charge in [-0.15, -0.1) is 10.2 Å². The Morgan fingerprint density at radius 3 is 2.83 bits per heavy atom. The number of nitrogens with one attached hydrogen (secondary N) is 1. The van der Waals surface area contributed by atoms with Gasteiger partial charge in [-0.2, -0.15) is 4.80 Å². The second-order valence-corrected chi connectivity index (χ2v) is 5.57. The summed E-state index contributed by atoms with van der Waals surface area (Å²) in [6.45, 7) is 9.75. The standard InChI is InChI=1S/C12H24N6/c1-9(2)11-7-18(10(3)5-6-13-11)8-12-14-16-17(4)15-12/h9-11,13H,5-8H2,1-4H3. The summed E-state index contributed by atoms with van der Waals surface area (Å²) in [6.07, 6.45) is 1.17. The molecule has 0 aromatic carbocycles. The first kappa shape index (κ1) is 13.4. The number of hydrogen-bond acceptors (Lipinski definition) is 5. The van der Waals surface area contributed by atoms with Gasteiger partial charge in [-0.05, 0) is 31.0 Å². The van der Waals surface area contributed by atoms with Crippen LogP contribution in [0, 0.1) is 5.92 Å². The molecule has 0 spiro atoms. The van der Waals surface area contributed by atoms with Crippen LogP contribution in [0.25, 0.3) is 0 Å². The lowest BCUT2D eigenvalue weighted by atomic mass is 10.0. The molecule has 102 valence electrons. The van der Waals surface area contributed by atoms with Crippen molar-refractivity contribution in [2.45, 2.75) is 45.8 Å². The van der Waals surface area contributed by atoms with E-state index in [9.17, 15) is 0 Å². The van der Waals surface area contributed by atoms with Crippen LogP contribution in [-0.2, 0) is 13.6 Å². The van der Waals surface area contributed by atoms with E-state index in [1.165, 1.54) is 11.2 Å². The van der Waals surface area contributed by atoms with Crippen molar-refractivity contribution >= 4 is 0 Å². The van der Waals surface area contributed by atoms with Crippen LogP contribution in [0.15, 0.2) is 0 Å². The average Bonchev–Trinajstić information content (AvgIpc) is 2.62. The van der Waals surface area contributed by atoms with Crippen molar-refractivity contribution in [1.82, 2.24) is 30.4 Å². The Morgan fingerprint density at radius 1 is 1.44 bits per heavy atom. The van der Waals surface area contributed by atoms with Crippen LogP contribution in [0.4, 0.5) is 0 Å². The smallest absolute Gasteiger partial charge is 0.188 e. The predicted molar refractivity (Wildman–Crippen MR) is 69.9 cm³/mol. The molecule has 0 aliphatic carbocycles. The van der Waals surface area contributed by atoms with Gasteiger partial charge in [-0.25, -0.2) is 0 Å². The molecule has 1 aromatic heterocycles. The zero-order valence-electron chi connectivity index (χ0n) is 11.8. The Kier molecular flexibility index (Phi) is 4.29. The number of nitrogens with zero attached hydrogens (tertiary/aromatic N) is 5. The van der Waals surface area contributed by atoms with E-state index in [-0.39, 0.29) is 0 Å². The van der Waals surface area contributed by atoms with Gasteiger partial charge in [0.05, 0.1) is 13.6 Å². The Morgan fingerprint density at radius 2 is 2.22 bits per heavy atom. The monoisotopic (exact) mass is 252 g/mol. The molecule has 18 heavy (non-hydrogen) atoms. The lowest BCUT2D eigenvalue weighted by Gasteiger charge is -2.29. The van der Waals surface area contributed by atoms with E-state index in [0.29, 0.717) is 18.0 Å². The molecule has 6 nitrogen and oxygen atoms in total. The zero-order valence-corrected chi connectivity index (χ0v) is 11.8. The number of aromatic nitrogens is 4. The number of rotatable bonds is 3. The molecule has 6 heteroatoms. The minimum atomic E-state index is 0.548. The van der Waals surface area contributed by atoms with Gasteiger partial charge in [0.15, 0.2) is 5.82 Å². The highest BCUT2D eigenvalue weighted by molar-refractivity contribution is 4.86. The molecule has 2 heterocycles. The second-order valence-electron chi connectivity index (χ2n) is 5.57. The van der Waals surface area contributed by atoms with Gasteiger partial charge in [-0.1, -0.05) is 13.8 Å². The summed E-state index contributed by atoms with van der Waals surface area (Å²) in [7, 11) is 1.81. The normalized spacial score (nSPS) is 26.5. The van der Waals surface area contributed by atoms with Gasteiger partial charge in [0.25, 0.3) is 0 Å². The van der Waals surface area contributed by atoms with Crippen molar-refractivity contribution in [2.24, 2.45) is 13.0 Å². The molecular weight excluding hydrogens is 228 g/mol. The van der Waals surface area contributed by atoms with E-state index < -0.39 is 0 Å². The Balaban J connectivity index is 2.03. The molecule has 1 aromatic rings. The third-order valence-corrected chi connectivity index (χ3v) is 3.72. The molecule has 0 radical (unpaired) electrons. The van der Waals surface area contributed by atoms with Crippen LogP contribution in [0.5, 0.6) is 0 Å². The Bertz CT molecular complexity index is 374. The molecule has 2 atom stereocenters. The van der Waals surface area contributed by atoms with E-state index in [4.69, 9.17) is 0 Å². The lowest BCUT2D eigenvalue weighted by molar-refractivity contribution is 0.179. The SMILES string of the molecule is CC(C)C1CN(Cc2nnn(C)n2)C(C)CCN1. The molecule has 2 unspecified atom stereocenters. The minimum Gasteiger partial charge on any atom is -0.312 e. The summed E-state index contributed by atoms with van der Waals surface area (Å²) >= 11 is 0. The van der Waals surface area contributed by atoms with Gasteiger partial charge in [0.1, 0.15) is 0 Å². The molecule has 0 amide bonds. The lowest BCUT2D eigenvalue weighted by Crippen LogP contribution is -2.42. The van der Waals surface area contributed by atoms with E-state index in [0.717, 1.165) is 25.5 Å². The number of tetrazole rings is 1. The van der Waals surface area contributed by atoms with Crippen molar-refractivity contribution < 1.29 is 0 Å². The van der Waals surface area contributed by atoms with Gasteiger partial charge in [0, 0.05) is 18.6 Å². The van der Waals surface area contributed by atoms with Crippen molar-refractivity contribution in [3.63, 3.8) is 0 Å². The molecule has 0 bridgehead atoms. The maximum absolute atomic E-state index is 4.27. The first-order chi connectivity index (χ1) is 8.56. The van der Waals surface area contributed by atoms with Crippen molar-refractivity contribution in [3.8, 4) is 0 Å². The molecule has 1 aliphatic heterocycles. The minimum absolute atomic E-state index is 0.548. The fourth-order valence-electron chi connectivity index (χ4n) is 2.39. The largest absolute Gasteiger partial charge is 0.312 e. The first-order valence-corrected chi connectivity index (χ1v) is 6.76. The van der Waals surface area contributed by atoms with Crippen LogP contribution in [-0.4, -0.2) is 50.3 Å². The fourth-order valence-corrected chi connectivity index (χ4v) is 2.39. The molecule has 1 aliphatic rings. The van der Waals surface area contributed by atoms with Crippen LogP contribution in [0.1, 0.15) is 33.0 Å². The topological polar surface area (TPSA) is 58.9 Å². The summed E-state index contributed by atoms with van der Waals surface area (Å²) in [5.41, 5.74) is 0. The van der Waals surface area contributed by atoms with Crippen molar-refractivity contribution in [2.75, 3.05) is 13.1 Å². The molecule has 1 N–H and O–H groups in total. The van der Waals surface area contributed by atoms with Gasteiger partial charge in [-0.3, -0.25) is 4.90 Å². The van der Waals surface area contributed by atoms with E-state index in [2.05, 4.69) is 46.4 Å². The Hall–Kier alpha value is -1.01. The summed E-state index contributed by atoms with van der Waals surface area (Å²) in [6, 6.07) is 1.11. The predicted octanol–water partition coefficient (Wildman–Crippen LogP) is 0.419. The number of hydrogen-bond donors (Lipinski definition) is 1. The second kappa shape index (κ2) is 5.75.